The smallest absolute Gasteiger partial charge is 0.298 e. The molecule has 4 rings (SSSR count). The molecule has 0 aliphatic carbocycles. The van der Waals surface area contributed by atoms with E-state index in [0.29, 0.717) is 6.54 Å². The lowest BCUT2D eigenvalue weighted by Gasteiger charge is -2.32. The van der Waals surface area contributed by atoms with E-state index in [1.165, 1.54) is 0 Å². The van der Waals surface area contributed by atoms with E-state index in [1.807, 2.05) is 19.1 Å². The summed E-state index contributed by atoms with van der Waals surface area (Å²) in [6.07, 6.45) is 2.14. The van der Waals surface area contributed by atoms with Crippen LogP contribution in [0, 0.1) is 0 Å². The predicted octanol–water partition coefficient (Wildman–Crippen LogP) is 1.51. The third-order valence-corrected chi connectivity index (χ3v) is 4.74. The molecule has 2 aromatic heterocycles. The largest absolute Gasteiger partial charge is 0.343 e. The second kappa shape index (κ2) is 6.20. The molecule has 0 bridgehead atoms. The third-order valence-electron chi connectivity index (χ3n) is 4.74. The Hall–Kier alpha value is -2.48. The van der Waals surface area contributed by atoms with Crippen LogP contribution in [0.5, 0.6) is 0 Å². The summed E-state index contributed by atoms with van der Waals surface area (Å²) in [6.45, 7) is 5.32. The van der Waals surface area contributed by atoms with Crippen LogP contribution in [-0.4, -0.2) is 43.1 Å². The number of hydrogen-bond donors (Lipinski definition) is 1. The molecule has 1 fully saturated rings. The Morgan fingerprint density at radius 3 is 3.17 bits per heavy atom. The summed E-state index contributed by atoms with van der Waals surface area (Å²) in [5.41, 5.74) is 2.60. The minimum absolute atomic E-state index is 0.122. The Kier molecular flexibility index (Phi) is 3.89. The maximum Gasteiger partial charge on any atom is 0.343 e. The van der Waals surface area contributed by atoms with Crippen molar-refractivity contribution in [2.45, 2.75) is 38.8 Å². The standard InChI is InChI=1S/C16H20N6O2/c1-2-22-15(17-18-16(22)23)12-6-4-8-21(10-12)9-11-5-3-7-13-14(11)20-24-19-13/h3,5,7,12H,2,4,6,8-10H2,1H3,(H,18,23)/t12-/m0/s1. The zero-order valence-corrected chi connectivity index (χ0v) is 13.6. The lowest BCUT2D eigenvalue weighted by atomic mass is 9.96. The Morgan fingerprint density at radius 1 is 1.38 bits per heavy atom. The fourth-order valence-corrected chi connectivity index (χ4v) is 3.59. The van der Waals surface area contributed by atoms with Gasteiger partial charge in [0, 0.05) is 25.6 Å². The number of piperidine rings is 1. The number of aromatic nitrogens is 5. The number of benzene rings is 1. The molecule has 0 saturated carbocycles. The molecule has 0 radical (unpaired) electrons. The van der Waals surface area contributed by atoms with E-state index in [1.54, 1.807) is 4.57 Å². The maximum atomic E-state index is 11.8. The summed E-state index contributed by atoms with van der Waals surface area (Å²) >= 11 is 0. The van der Waals surface area contributed by atoms with Gasteiger partial charge in [0.1, 0.15) is 16.9 Å². The summed E-state index contributed by atoms with van der Waals surface area (Å²) in [7, 11) is 0. The van der Waals surface area contributed by atoms with Crippen LogP contribution >= 0.6 is 0 Å². The van der Waals surface area contributed by atoms with Crippen LogP contribution in [-0.2, 0) is 13.1 Å². The fraction of sp³-hybridized carbons (Fsp3) is 0.500. The molecule has 0 amide bonds. The number of aromatic amines is 1. The lowest BCUT2D eigenvalue weighted by molar-refractivity contribution is 0.195. The Labute approximate surface area is 138 Å². The molecule has 8 heteroatoms. The number of nitrogens with zero attached hydrogens (tertiary/aromatic N) is 5. The van der Waals surface area contributed by atoms with Crippen LogP contribution in [0.2, 0.25) is 0 Å². The predicted molar refractivity (Wildman–Crippen MR) is 87.6 cm³/mol. The Bertz CT molecular complexity index is 895. The Morgan fingerprint density at radius 2 is 2.29 bits per heavy atom. The summed E-state index contributed by atoms with van der Waals surface area (Å²) < 4.78 is 6.58. The highest BCUT2D eigenvalue weighted by molar-refractivity contribution is 5.76. The molecule has 3 heterocycles. The van der Waals surface area contributed by atoms with Gasteiger partial charge in [-0.3, -0.25) is 9.47 Å². The van der Waals surface area contributed by atoms with Gasteiger partial charge >= 0.3 is 5.69 Å². The minimum atomic E-state index is -0.122. The second-order valence-corrected chi connectivity index (χ2v) is 6.25. The quantitative estimate of drug-likeness (QED) is 0.780. The van der Waals surface area contributed by atoms with Crippen LogP contribution in [0.25, 0.3) is 11.0 Å². The van der Waals surface area contributed by atoms with Gasteiger partial charge in [-0.05, 0) is 48.3 Å². The lowest BCUT2D eigenvalue weighted by Crippen LogP contribution is -2.35. The van der Waals surface area contributed by atoms with Crippen molar-refractivity contribution in [1.82, 2.24) is 30.0 Å². The molecule has 24 heavy (non-hydrogen) atoms. The van der Waals surface area contributed by atoms with Crippen LogP contribution in [0.3, 0.4) is 0 Å². The zero-order chi connectivity index (χ0) is 16.5. The molecule has 0 spiro atoms. The first kappa shape index (κ1) is 15.1. The first-order valence-corrected chi connectivity index (χ1v) is 8.34. The van der Waals surface area contributed by atoms with E-state index in [2.05, 4.69) is 31.5 Å². The minimum Gasteiger partial charge on any atom is -0.298 e. The van der Waals surface area contributed by atoms with Gasteiger partial charge in [-0.25, -0.2) is 14.5 Å². The number of nitrogens with one attached hydrogen (secondary N) is 1. The summed E-state index contributed by atoms with van der Waals surface area (Å²) in [5, 5.41) is 14.8. The van der Waals surface area contributed by atoms with Gasteiger partial charge in [-0.15, -0.1) is 0 Å². The number of fused-ring (bicyclic) bond motifs is 1. The topological polar surface area (TPSA) is 92.8 Å². The molecule has 3 aromatic rings. The number of rotatable bonds is 4. The van der Waals surface area contributed by atoms with Crippen molar-refractivity contribution >= 4 is 11.0 Å². The monoisotopic (exact) mass is 328 g/mol. The molecule has 1 aliphatic heterocycles. The highest BCUT2D eigenvalue weighted by Gasteiger charge is 2.26. The molecule has 1 N–H and O–H groups in total. The molecule has 1 atom stereocenters. The summed E-state index contributed by atoms with van der Waals surface area (Å²) in [5.74, 6) is 1.14. The van der Waals surface area contributed by atoms with Crippen LogP contribution in [0.1, 0.15) is 37.1 Å². The normalized spacial score (nSPS) is 19.1. The van der Waals surface area contributed by atoms with Crippen molar-refractivity contribution in [3.05, 3.63) is 40.1 Å². The molecule has 1 aromatic carbocycles. The number of hydrogen-bond acceptors (Lipinski definition) is 6. The molecule has 8 nitrogen and oxygen atoms in total. The average Bonchev–Trinajstić information content (AvgIpc) is 3.22. The van der Waals surface area contributed by atoms with Gasteiger partial charge in [0.2, 0.25) is 0 Å². The van der Waals surface area contributed by atoms with E-state index < -0.39 is 0 Å². The van der Waals surface area contributed by atoms with Gasteiger partial charge in [0.25, 0.3) is 0 Å². The van der Waals surface area contributed by atoms with Crippen molar-refractivity contribution in [3.8, 4) is 0 Å². The van der Waals surface area contributed by atoms with E-state index >= 15 is 0 Å². The molecular weight excluding hydrogens is 308 g/mol. The summed E-state index contributed by atoms with van der Waals surface area (Å²) in [4.78, 5) is 14.2. The molecular formula is C16H20N6O2. The second-order valence-electron chi connectivity index (χ2n) is 6.25. The molecule has 1 aliphatic rings. The van der Waals surface area contributed by atoms with Crippen LogP contribution < -0.4 is 5.69 Å². The molecule has 1 saturated heterocycles. The van der Waals surface area contributed by atoms with Gasteiger partial charge in [-0.2, -0.15) is 5.10 Å². The first-order valence-electron chi connectivity index (χ1n) is 8.34. The third kappa shape index (κ3) is 2.62. The van der Waals surface area contributed by atoms with Crippen LogP contribution in [0.4, 0.5) is 0 Å². The zero-order valence-electron chi connectivity index (χ0n) is 13.6. The van der Waals surface area contributed by atoms with Crippen molar-refractivity contribution in [3.63, 3.8) is 0 Å². The fourth-order valence-electron chi connectivity index (χ4n) is 3.59. The Balaban J connectivity index is 1.55. The summed E-state index contributed by atoms with van der Waals surface area (Å²) in [6, 6.07) is 5.94. The van der Waals surface area contributed by atoms with Crippen molar-refractivity contribution < 1.29 is 4.63 Å². The van der Waals surface area contributed by atoms with Gasteiger partial charge in [-0.1, -0.05) is 12.1 Å². The van der Waals surface area contributed by atoms with Crippen LogP contribution in [0.15, 0.2) is 27.6 Å². The van der Waals surface area contributed by atoms with E-state index in [-0.39, 0.29) is 11.6 Å². The number of H-pyrrole nitrogens is 1. The van der Waals surface area contributed by atoms with E-state index in [9.17, 15) is 4.79 Å². The van der Waals surface area contributed by atoms with Gasteiger partial charge in [0.05, 0.1) is 0 Å². The SMILES string of the molecule is CCn1c([C@H]2CCCN(Cc3cccc4nonc34)C2)n[nH]c1=O. The van der Waals surface area contributed by atoms with E-state index in [4.69, 9.17) is 4.63 Å². The van der Waals surface area contributed by atoms with Crippen molar-refractivity contribution in [2.24, 2.45) is 0 Å². The molecule has 126 valence electrons. The average molecular weight is 328 g/mol. The maximum absolute atomic E-state index is 11.8. The highest BCUT2D eigenvalue weighted by atomic mass is 16.6. The highest BCUT2D eigenvalue weighted by Crippen LogP contribution is 2.27. The van der Waals surface area contributed by atoms with E-state index in [0.717, 1.165) is 54.9 Å². The van der Waals surface area contributed by atoms with Crippen molar-refractivity contribution in [1.29, 1.82) is 0 Å². The molecule has 0 unspecified atom stereocenters. The number of likely N-dealkylation sites (tertiary alicyclic amines) is 1. The van der Waals surface area contributed by atoms with Crippen molar-refractivity contribution in [2.75, 3.05) is 13.1 Å². The van der Waals surface area contributed by atoms with Gasteiger partial charge < -0.3 is 0 Å². The first-order chi connectivity index (χ1) is 11.8. The van der Waals surface area contributed by atoms with Gasteiger partial charge in [0.15, 0.2) is 0 Å².